The van der Waals surface area contributed by atoms with Crippen LogP contribution in [0.1, 0.15) is 117 Å². The van der Waals surface area contributed by atoms with Crippen molar-refractivity contribution < 1.29 is 5.11 Å². The monoisotopic (exact) mass is 341 g/mol. The molecule has 0 aliphatic rings. The van der Waals surface area contributed by atoms with Gasteiger partial charge in [-0.2, -0.15) is 0 Å². The molecule has 0 aromatic rings. The summed E-state index contributed by atoms with van der Waals surface area (Å²) in [5.41, 5.74) is 0. The Balaban J connectivity index is 3.07. The van der Waals surface area contributed by atoms with Gasteiger partial charge >= 0.3 is 0 Å². The first kappa shape index (κ1) is 23.9. The lowest BCUT2D eigenvalue weighted by Gasteiger charge is -2.18. The molecule has 0 saturated carbocycles. The summed E-state index contributed by atoms with van der Waals surface area (Å²) in [5.74, 6) is 0. The van der Waals surface area contributed by atoms with Gasteiger partial charge in [0.1, 0.15) is 0 Å². The number of nitrogens with zero attached hydrogens (tertiary/aromatic N) is 1. The molecule has 2 nitrogen and oxygen atoms in total. The molecular weight excluding hydrogens is 294 g/mol. The predicted molar refractivity (Wildman–Crippen MR) is 109 cm³/mol. The lowest BCUT2D eigenvalue weighted by atomic mass is 10.0. The standard InChI is InChI=1S/C22H47NO/c1-3-5-6-7-8-9-10-11-12-13-14-15-16-17-18-19-20-23(4-2)21-22-24/h24H,3-22H2,1-2H3. The van der Waals surface area contributed by atoms with Crippen molar-refractivity contribution in [2.45, 2.75) is 117 Å². The second-order valence-corrected chi connectivity index (χ2v) is 7.46. The maximum absolute atomic E-state index is 8.96. The fourth-order valence-electron chi connectivity index (χ4n) is 3.45. The highest BCUT2D eigenvalue weighted by atomic mass is 16.3. The molecule has 0 unspecified atom stereocenters. The van der Waals surface area contributed by atoms with Crippen LogP contribution in [-0.2, 0) is 0 Å². The Labute approximate surface area is 153 Å². The number of aliphatic hydroxyl groups is 1. The average Bonchev–Trinajstić information content (AvgIpc) is 2.60. The Morgan fingerprint density at radius 1 is 0.500 bits per heavy atom. The van der Waals surface area contributed by atoms with Gasteiger partial charge in [0.05, 0.1) is 6.61 Å². The van der Waals surface area contributed by atoms with E-state index in [4.69, 9.17) is 5.11 Å². The van der Waals surface area contributed by atoms with E-state index in [1.165, 1.54) is 103 Å². The number of hydrogen-bond acceptors (Lipinski definition) is 2. The van der Waals surface area contributed by atoms with Crippen molar-refractivity contribution in [3.05, 3.63) is 0 Å². The first-order valence-electron chi connectivity index (χ1n) is 11.2. The fourth-order valence-corrected chi connectivity index (χ4v) is 3.45. The molecule has 0 atom stereocenters. The van der Waals surface area contributed by atoms with Crippen molar-refractivity contribution in [2.75, 3.05) is 26.2 Å². The number of likely N-dealkylation sites (N-methyl/N-ethyl adjacent to an activating group) is 1. The van der Waals surface area contributed by atoms with Gasteiger partial charge in [0.15, 0.2) is 0 Å². The molecule has 0 rings (SSSR count). The normalized spacial score (nSPS) is 11.5. The van der Waals surface area contributed by atoms with E-state index in [-0.39, 0.29) is 0 Å². The van der Waals surface area contributed by atoms with Gasteiger partial charge in [-0.25, -0.2) is 0 Å². The van der Waals surface area contributed by atoms with Crippen LogP contribution in [0.15, 0.2) is 0 Å². The maximum atomic E-state index is 8.96. The maximum Gasteiger partial charge on any atom is 0.0558 e. The zero-order valence-corrected chi connectivity index (χ0v) is 17.0. The van der Waals surface area contributed by atoms with Crippen molar-refractivity contribution in [1.82, 2.24) is 4.90 Å². The van der Waals surface area contributed by atoms with Gasteiger partial charge in [0.2, 0.25) is 0 Å². The molecule has 2 heteroatoms. The van der Waals surface area contributed by atoms with Gasteiger partial charge in [-0.05, 0) is 19.5 Å². The number of rotatable bonds is 20. The van der Waals surface area contributed by atoms with Crippen LogP contribution in [0.5, 0.6) is 0 Å². The van der Waals surface area contributed by atoms with E-state index in [2.05, 4.69) is 18.7 Å². The van der Waals surface area contributed by atoms with Crippen LogP contribution in [0.25, 0.3) is 0 Å². The molecule has 0 heterocycles. The lowest BCUT2D eigenvalue weighted by molar-refractivity contribution is 0.199. The summed E-state index contributed by atoms with van der Waals surface area (Å²) in [5, 5.41) is 8.96. The Bertz CT molecular complexity index is 220. The molecular formula is C22H47NO. The minimum atomic E-state index is 0.298. The third-order valence-corrected chi connectivity index (χ3v) is 5.19. The first-order valence-corrected chi connectivity index (χ1v) is 11.2. The molecule has 0 spiro atoms. The molecule has 0 aliphatic heterocycles. The van der Waals surface area contributed by atoms with Crippen molar-refractivity contribution >= 4 is 0 Å². The molecule has 0 amide bonds. The number of unbranched alkanes of at least 4 members (excludes halogenated alkanes) is 15. The van der Waals surface area contributed by atoms with E-state index in [0.717, 1.165) is 19.6 Å². The highest BCUT2D eigenvalue weighted by Gasteiger charge is 2.00. The van der Waals surface area contributed by atoms with Crippen LogP contribution < -0.4 is 0 Å². The largest absolute Gasteiger partial charge is 0.395 e. The van der Waals surface area contributed by atoms with Gasteiger partial charge < -0.3 is 10.0 Å². The zero-order chi connectivity index (χ0) is 17.7. The van der Waals surface area contributed by atoms with Crippen molar-refractivity contribution in [3.8, 4) is 0 Å². The minimum absolute atomic E-state index is 0.298. The van der Waals surface area contributed by atoms with Crippen LogP contribution in [-0.4, -0.2) is 36.2 Å². The van der Waals surface area contributed by atoms with Crippen molar-refractivity contribution in [1.29, 1.82) is 0 Å². The molecule has 0 fully saturated rings. The quantitative estimate of drug-likeness (QED) is 0.253. The Morgan fingerprint density at radius 3 is 1.21 bits per heavy atom. The summed E-state index contributed by atoms with van der Waals surface area (Å²) < 4.78 is 0. The van der Waals surface area contributed by atoms with E-state index in [1.54, 1.807) is 0 Å². The molecule has 146 valence electrons. The predicted octanol–water partition coefficient (Wildman–Crippen LogP) is 6.56. The number of hydrogen-bond donors (Lipinski definition) is 1. The molecule has 24 heavy (non-hydrogen) atoms. The van der Waals surface area contributed by atoms with E-state index in [9.17, 15) is 0 Å². The molecule has 0 aromatic heterocycles. The molecule has 0 saturated heterocycles. The van der Waals surface area contributed by atoms with Crippen molar-refractivity contribution in [3.63, 3.8) is 0 Å². The van der Waals surface area contributed by atoms with Gasteiger partial charge in [-0.1, -0.05) is 110 Å². The van der Waals surface area contributed by atoms with Gasteiger partial charge in [-0.15, -0.1) is 0 Å². The third kappa shape index (κ3) is 18.3. The Hall–Kier alpha value is -0.0800. The smallest absolute Gasteiger partial charge is 0.0558 e. The molecule has 0 aliphatic carbocycles. The average molecular weight is 342 g/mol. The highest BCUT2D eigenvalue weighted by molar-refractivity contribution is 4.55. The van der Waals surface area contributed by atoms with E-state index in [1.807, 2.05) is 0 Å². The fraction of sp³-hybridized carbons (Fsp3) is 1.00. The van der Waals surface area contributed by atoms with Gasteiger partial charge in [0, 0.05) is 6.54 Å². The zero-order valence-electron chi connectivity index (χ0n) is 17.0. The van der Waals surface area contributed by atoms with E-state index < -0.39 is 0 Å². The molecule has 0 bridgehead atoms. The Kier molecular flexibility index (Phi) is 20.9. The van der Waals surface area contributed by atoms with Gasteiger partial charge in [-0.3, -0.25) is 0 Å². The topological polar surface area (TPSA) is 23.5 Å². The van der Waals surface area contributed by atoms with Crippen molar-refractivity contribution in [2.24, 2.45) is 0 Å². The highest BCUT2D eigenvalue weighted by Crippen LogP contribution is 2.13. The summed E-state index contributed by atoms with van der Waals surface area (Å²) in [6.07, 6.45) is 22.8. The lowest BCUT2D eigenvalue weighted by Crippen LogP contribution is -2.27. The van der Waals surface area contributed by atoms with E-state index >= 15 is 0 Å². The Morgan fingerprint density at radius 2 is 0.875 bits per heavy atom. The van der Waals surface area contributed by atoms with Crippen LogP contribution in [0.3, 0.4) is 0 Å². The number of aliphatic hydroxyl groups excluding tert-OH is 1. The van der Waals surface area contributed by atoms with Crippen LogP contribution >= 0.6 is 0 Å². The summed E-state index contributed by atoms with van der Waals surface area (Å²) in [6.45, 7) is 7.85. The summed E-state index contributed by atoms with van der Waals surface area (Å²) in [7, 11) is 0. The van der Waals surface area contributed by atoms with Gasteiger partial charge in [0.25, 0.3) is 0 Å². The summed E-state index contributed by atoms with van der Waals surface area (Å²) in [4.78, 5) is 2.35. The second-order valence-electron chi connectivity index (χ2n) is 7.46. The van der Waals surface area contributed by atoms with Crippen LogP contribution in [0.4, 0.5) is 0 Å². The third-order valence-electron chi connectivity index (χ3n) is 5.19. The SMILES string of the molecule is CCCCCCCCCCCCCCCCCCN(CC)CCO. The molecule has 0 aromatic carbocycles. The second kappa shape index (κ2) is 21.0. The van der Waals surface area contributed by atoms with E-state index in [0.29, 0.717) is 6.61 Å². The molecule has 0 radical (unpaired) electrons. The summed E-state index contributed by atoms with van der Waals surface area (Å²) in [6, 6.07) is 0. The summed E-state index contributed by atoms with van der Waals surface area (Å²) >= 11 is 0. The van der Waals surface area contributed by atoms with Crippen LogP contribution in [0.2, 0.25) is 0 Å². The van der Waals surface area contributed by atoms with Crippen LogP contribution in [0, 0.1) is 0 Å². The first-order chi connectivity index (χ1) is 11.8. The molecule has 1 N–H and O–H groups in total. The minimum Gasteiger partial charge on any atom is -0.395 e.